The average molecular weight is 490 g/mol. The fourth-order valence-corrected chi connectivity index (χ4v) is 4.19. The number of phenolic OH excluding ortho intramolecular Hbond substituents is 1. The highest BCUT2D eigenvalue weighted by Gasteiger charge is 2.37. The number of fused-ring (bicyclic) bond motifs is 1. The van der Waals surface area contributed by atoms with E-state index >= 15 is 0 Å². The molecule has 0 saturated heterocycles. The summed E-state index contributed by atoms with van der Waals surface area (Å²) in [5, 5.41) is 14.0. The summed E-state index contributed by atoms with van der Waals surface area (Å²) in [7, 11) is 3.00. The lowest BCUT2D eigenvalue weighted by molar-refractivity contribution is 0.0974. The van der Waals surface area contributed by atoms with Crippen LogP contribution in [0, 0.1) is 0 Å². The molecule has 0 unspecified atom stereocenters. The predicted octanol–water partition coefficient (Wildman–Crippen LogP) is 5.60. The molecule has 154 valence electrons. The highest BCUT2D eigenvalue weighted by molar-refractivity contribution is 9.10. The molecule has 1 aliphatic rings. The second kappa shape index (κ2) is 8.08. The van der Waals surface area contributed by atoms with Crippen LogP contribution in [0.2, 0.25) is 5.02 Å². The van der Waals surface area contributed by atoms with Gasteiger partial charge in [-0.3, -0.25) is 9.69 Å². The summed E-state index contributed by atoms with van der Waals surface area (Å²) in [5.41, 5.74) is 2.33. The molecule has 3 aromatic rings. The van der Waals surface area contributed by atoms with Gasteiger partial charge in [0.05, 0.1) is 35.0 Å². The molecule has 3 aromatic carbocycles. The topological polar surface area (TPSA) is 71.0 Å². The molecule has 0 spiro atoms. The minimum Gasteiger partial charge on any atom is -0.503 e. The van der Waals surface area contributed by atoms with Crippen LogP contribution in [0.15, 0.2) is 59.1 Å². The fraction of sp³-hybridized carbons (Fsp3) is 0.136. The van der Waals surface area contributed by atoms with Gasteiger partial charge >= 0.3 is 0 Å². The van der Waals surface area contributed by atoms with Crippen molar-refractivity contribution in [3.05, 3.63) is 75.2 Å². The number of phenols is 1. The molecule has 4 rings (SSSR count). The third-order valence-electron chi connectivity index (χ3n) is 4.96. The van der Waals surface area contributed by atoms with Crippen LogP contribution in [0.25, 0.3) is 0 Å². The Morgan fingerprint density at radius 3 is 2.47 bits per heavy atom. The largest absolute Gasteiger partial charge is 0.503 e. The number of amides is 1. The Bertz CT molecular complexity index is 1140. The van der Waals surface area contributed by atoms with Crippen LogP contribution in [0.5, 0.6) is 17.2 Å². The standard InChI is InChI=1S/C22H18BrClN2O4/c1-29-16-10-6-5-9-15(16)26-21(25-14-8-4-3-7-12(14)22(26)28)13-11-17(30-2)20(27)18(23)19(13)24/h3-11,21,25,27H,1-2H3/t21-/m1/s1. The van der Waals surface area contributed by atoms with Crippen LogP contribution < -0.4 is 19.7 Å². The Kier molecular flexibility index (Phi) is 5.49. The lowest BCUT2D eigenvalue weighted by Crippen LogP contribution is -2.43. The molecule has 1 aliphatic heterocycles. The second-order valence-corrected chi connectivity index (χ2v) is 7.76. The molecule has 8 heteroatoms. The molecule has 0 saturated carbocycles. The van der Waals surface area contributed by atoms with Crippen molar-refractivity contribution in [3.8, 4) is 17.2 Å². The zero-order valence-corrected chi connectivity index (χ0v) is 18.5. The van der Waals surface area contributed by atoms with E-state index in [4.69, 9.17) is 21.1 Å². The number of hydrogen-bond donors (Lipinski definition) is 2. The Labute approximate surface area is 187 Å². The molecule has 30 heavy (non-hydrogen) atoms. The van der Waals surface area contributed by atoms with Gasteiger partial charge in [-0.1, -0.05) is 35.9 Å². The van der Waals surface area contributed by atoms with E-state index in [1.807, 2.05) is 30.3 Å². The summed E-state index contributed by atoms with van der Waals surface area (Å²) >= 11 is 9.91. The predicted molar refractivity (Wildman–Crippen MR) is 120 cm³/mol. The zero-order chi connectivity index (χ0) is 21.4. The average Bonchev–Trinajstić information content (AvgIpc) is 2.78. The van der Waals surface area contributed by atoms with Gasteiger partial charge in [0.1, 0.15) is 11.9 Å². The maximum Gasteiger partial charge on any atom is 0.262 e. The van der Waals surface area contributed by atoms with Crippen molar-refractivity contribution in [2.45, 2.75) is 6.17 Å². The van der Waals surface area contributed by atoms with E-state index in [1.54, 1.807) is 36.3 Å². The molecule has 0 radical (unpaired) electrons. The summed E-state index contributed by atoms with van der Waals surface area (Å²) in [6, 6.07) is 16.1. The Morgan fingerprint density at radius 2 is 1.73 bits per heavy atom. The van der Waals surface area contributed by atoms with E-state index in [0.717, 1.165) is 0 Å². The summed E-state index contributed by atoms with van der Waals surface area (Å²) in [4.78, 5) is 15.2. The summed E-state index contributed by atoms with van der Waals surface area (Å²) in [5.74, 6) is 0.447. The molecule has 0 aliphatic carbocycles. The van der Waals surface area contributed by atoms with Gasteiger partial charge in [-0.15, -0.1) is 0 Å². The molecule has 6 nitrogen and oxygen atoms in total. The van der Waals surface area contributed by atoms with Gasteiger partial charge in [0.15, 0.2) is 11.5 Å². The second-order valence-electron chi connectivity index (χ2n) is 6.58. The first-order chi connectivity index (χ1) is 14.5. The number of para-hydroxylation sites is 3. The van der Waals surface area contributed by atoms with Gasteiger partial charge in [-0.2, -0.15) is 0 Å². The van der Waals surface area contributed by atoms with Crippen LogP contribution in [0.4, 0.5) is 11.4 Å². The molecule has 2 N–H and O–H groups in total. The minimum absolute atomic E-state index is 0.113. The number of halogens is 2. The van der Waals surface area contributed by atoms with E-state index in [9.17, 15) is 9.90 Å². The minimum atomic E-state index is -0.679. The summed E-state index contributed by atoms with van der Waals surface area (Å²) in [6.07, 6.45) is -0.679. The smallest absolute Gasteiger partial charge is 0.262 e. The first kappa shape index (κ1) is 20.4. The van der Waals surface area contributed by atoms with Crippen molar-refractivity contribution in [1.29, 1.82) is 0 Å². The SMILES string of the molecule is COc1ccccc1N1C(=O)c2ccccc2N[C@H]1c1cc(OC)c(O)c(Br)c1Cl. The molecule has 1 heterocycles. The van der Waals surface area contributed by atoms with E-state index in [1.165, 1.54) is 7.11 Å². The molecule has 1 amide bonds. The Hall–Kier alpha value is -2.90. The number of rotatable bonds is 4. The molecular formula is C22H18BrClN2O4. The Balaban J connectivity index is 1.97. The maximum atomic E-state index is 13.6. The number of aromatic hydroxyl groups is 1. The number of ether oxygens (including phenoxy) is 2. The van der Waals surface area contributed by atoms with Gasteiger partial charge in [0, 0.05) is 11.3 Å². The van der Waals surface area contributed by atoms with E-state index in [0.29, 0.717) is 28.3 Å². The van der Waals surface area contributed by atoms with Gasteiger partial charge in [0.25, 0.3) is 5.91 Å². The number of benzene rings is 3. The van der Waals surface area contributed by atoms with Crippen LogP contribution in [-0.2, 0) is 0 Å². The normalized spacial score (nSPS) is 15.4. The van der Waals surface area contributed by atoms with Crippen molar-refractivity contribution >= 4 is 44.8 Å². The van der Waals surface area contributed by atoms with Crippen molar-refractivity contribution in [2.75, 3.05) is 24.4 Å². The van der Waals surface area contributed by atoms with Crippen LogP contribution in [0.3, 0.4) is 0 Å². The number of nitrogens with zero attached hydrogens (tertiary/aromatic N) is 1. The van der Waals surface area contributed by atoms with E-state index in [2.05, 4.69) is 21.2 Å². The van der Waals surface area contributed by atoms with Crippen LogP contribution in [0.1, 0.15) is 22.1 Å². The molecule has 0 fully saturated rings. The Morgan fingerprint density at radius 1 is 1.07 bits per heavy atom. The maximum absolute atomic E-state index is 13.6. The molecule has 1 atom stereocenters. The lowest BCUT2D eigenvalue weighted by atomic mass is 10.0. The highest BCUT2D eigenvalue weighted by atomic mass is 79.9. The van der Waals surface area contributed by atoms with Gasteiger partial charge in [-0.05, 0) is 46.3 Å². The quantitative estimate of drug-likeness (QED) is 0.499. The third kappa shape index (κ3) is 3.24. The first-order valence-electron chi connectivity index (χ1n) is 9.05. The van der Waals surface area contributed by atoms with Crippen molar-refractivity contribution in [1.82, 2.24) is 0 Å². The fourth-order valence-electron chi connectivity index (χ4n) is 3.51. The number of methoxy groups -OCH3 is 2. The van der Waals surface area contributed by atoms with Crippen molar-refractivity contribution in [2.24, 2.45) is 0 Å². The number of hydrogen-bond acceptors (Lipinski definition) is 5. The molecule has 0 aromatic heterocycles. The molecule has 0 bridgehead atoms. The van der Waals surface area contributed by atoms with Crippen molar-refractivity contribution in [3.63, 3.8) is 0 Å². The third-order valence-corrected chi connectivity index (χ3v) is 6.37. The molecular weight excluding hydrogens is 472 g/mol. The number of carbonyl (C=O) groups is 1. The first-order valence-corrected chi connectivity index (χ1v) is 10.2. The van der Waals surface area contributed by atoms with E-state index < -0.39 is 6.17 Å². The monoisotopic (exact) mass is 488 g/mol. The zero-order valence-electron chi connectivity index (χ0n) is 16.1. The van der Waals surface area contributed by atoms with Crippen molar-refractivity contribution < 1.29 is 19.4 Å². The number of nitrogens with one attached hydrogen (secondary N) is 1. The summed E-state index contributed by atoms with van der Waals surface area (Å²) < 4.78 is 11.1. The van der Waals surface area contributed by atoms with Gasteiger partial charge < -0.3 is 19.9 Å². The number of anilines is 2. The van der Waals surface area contributed by atoms with E-state index in [-0.39, 0.29) is 26.9 Å². The van der Waals surface area contributed by atoms with Crippen LogP contribution in [-0.4, -0.2) is 25.2 Å². The lowest BCUT2D eigenvalue weighted by Gasteiger charge is -2.39. The summed E-state index contributed by atoms with van der Waals surface area (Å²) in [6.45, 7) is 0. The van der Waals surface area contributed by atoms with Gasteiger partial charge in [-0.25, -0.2) is 0 Å². The van der Waals surface area contributed by atoms with Crippen LogP contribution >= 0.6 is 27.5 Å². The van der Waals surface area contributed by atoms with Gasteiger partial charge in [0.2, 0.25) is 0 Å². The number of carbonyl (C=O) groups excluding carboxylic acids is 1. The highest BCUT2D eigenvalue weighted by Crippen LogP contribution is 2.47.